The molecule has 8 heteroatoms. The van der Waals surface area contributed by atoms with Crippen LogP contribution in [0.4, 0.5) is 34.1 Å². The maximum atomic E-state index is 12.0. The number of ether oxygens (including phenoxy) is 3. The zero-order valence-electron chi connectivity index (χ0n) is 38.4. The van der Waals surface area contributed by atoms with Gasteiger partial charge in [0.1, 0.15) is 0 Å². The van der Waals surface area contributed by atoms with Crippen LogP contribution < -0.4 is 9.80 Å². The molecule has 0 N–H and O–H groups in total. The van der Waals surface area contributed by atoms with E-state index in [1.807, 2.05) is 0 Å². The molecule has 0 amide bonds. The minimum atomic E-state index is -0.389. The lowest BCUT2D eigenvalue weighted by atomic mass is 10.0. The first-order valence-corrected chi connectivity index (χ1v) is 21.8. The zero-order chi connectivity index (χ0) is 46.6. The standard InChI is InChI=1S/C57H58N2O6/c1-38(2)55(60)63-33-30-44-12-22-50(23-13-44)59(54-29-15-46(43(9)37-54)32-35-65-57(62)40(5)6)52-26-18-48(19-27-52)47-16-24-51(25-17-47)58(49-20-10-41(7)11-21-49)53-28-14-45(42(8)36-53)31-34-64-56(61)39(3)4/h10-29,36-37H,1,3,5,30-35H2,2,4,6-9H3. The predicted octanol–water partition coefficient (Wildman–Crippen LogP) is 13.2. The summed E-state index contributed by atoms with van der Waals surface area (Å²) in [5.74, 6) is -1.15. The van der Waals surface area contributed by atoms with Gasteiger partial charge in [0.15, 0.2) is 0 Å². The number of aryl methyl sites for hydroxylation is 3. The van der Waals surface area contributed by atoms with Crippen LogP contribution in [0.1, 0.15) is 54.2 Å². The lowest BCUT2D eigenvalue weighted by Gasteiger charge is -2.27. The molecule has 6 aromatic carbocycles. The van der Waals surface area contributed by atoms with Gasteiger partial charge >= 0.3 is 17.9 Å². The molecule has 8 nitrogen and oxygen atoms in total. The Hall–Kier alpha value is -7.45. The van der Waals surface area contributed by atoms with Gasteiger partial charge in [-0.3, -0.25) is 0 Å². The van der Waals surface area contributed by atoms with Crippen molar-refractivity contribution >= 4 is 52.0 Å². The van der Waals surface area contributed by atoms with Crippen LogP contribution in [0.2, 0.25) is 0 Å². The monoisotopic (exact) mass is 866 g/mol. The first-order valence-electron chi connectivity index (χ1n) is 21.8. The second-order valence-corrected chi connectivity index (χ2v) is 16.5. The summed E-state index contributed by atoms with van der Waals surface area (Å²) in [6, 6.07) is 46.7. The molecule has 332 valence electrons. The van der Waals surface area contributed by atoms with Crippen molar-refractivity contribution in [2.75, 3.05) is 29.6 Å². The summed E-state index contributed by atoms with van der Waals surface area (Å²) in [6.07, 6.45) is 1.79. The number of benzene rings is 6. The van der Waals surface area contributed by atoms with Crippen LogP contribution in [0, 0.1) is 20.8 Å². The van der Waals surface area contributed by atoms with Crippen LogP contribution >= 0.6 is 0 Å². The quantitative estimate of drug-likeness (QED) is 0.0452. The average Bonchev–Trinajstić information content (AvgIpc) is 3.29. The number of hydrogen-bond donors (Lipinski definition) is 0. The molecular formula is C57H58N2O6. The van der Waals surface area contributed by atoms with Crippen molar-refractivity contribution in [1.29, 1.82) is 0 Å². The number of nitrogens with zero attached hydrogens (tertiary/aromatic N) is 2. The molecule has 0 aliphatic rings. The van der Waals surface area contributed by atoms with E-state index >= 15 is 0 Å². The van der Waals surface area contributed by atoms with Gasteiger partial charge < -0.3 is 24.0 Å². The van der Waals surface area contributed by atoms with Gasteiger partial charge in [-0.2, -0.15) is 0 Å². The van der Waals surface area contributed by atoms with Gasteiger partial charge in [0.2, 0.25) is 0 Å². The zero-order valence-corrected chi connectivity index (χ0v) is 38.4. The number of rotatable bonds is 19. The Morgan fingerprint density at radius 1 is 0.415 bits per heavy atom. The molecule has 0 bridgehead atoms. The molecule has 0 spiro atoms. The van der Waals surface area contributed by atoms with Crippen molar-refractivity contribution in [3.8, 4) is 11.1 Å². The Morgan fingerprint density at radius 3 is 1.06 bits per heavy atom. The van der Waals surface area contributed by atoms with Crippen LogP contribution in [0.15, 0.2) is 170 Å². The highest BCUT2D eigenvalue weighted by molar-refractivity contribution is 5.88. The smallest absolute Gasteiger partial charge is 0.333 e. The van der Waals surface area contributed by atoms with Gasteiger partial charge in [0, 0.05) is 70.1 Å². The first-order chi connectivity index (χ1) is 31.2. The molecule has 0 radical (unpaired) electrons. The van der Waals surface area contributed by atoms with Crippen molar-refractivity contribution in [3.63, 3.8) is 0 Å². The van der Waals surface area contributed by atoms with E-state index in [4.69, 9.17) is 14.2 Å². The number of carbonyl (C=O) groups is 3. The van der Waals surface area contributed by atoms with E-state index in [9.17, 15) is 14.4 Å². The van der Waals surface area contributed by atoms with E-state index in [1.54, 1.807) is 20.8 Å². The summed E-state index contributed by atoms with van der Waals surface area (Å²) in [7, 11) is 0. The highest BCUT2D eigenvalue weighted by Gasteiger charge is 2.17. The highest BCUT2D eigenvalue weighted by Crippen LogP contribution is 2.39. The van der Waals surface area contributed by atoms with Gasteiger partial charge in [-0.25, -0.2) is 14.4 Å². The number of esters is 3. The number of hydrogen-bond acceptors (Lipinski definition) is 8. The molecule has 6 rings (SSSR count). The largest absolute Gasteiger partial charge is 0.462 e. The van der Waals surface area contributed by atoms with Crippen LogP contribution in [0.25, 0.3) is 11.1 Å². The summed E-state index contributed by atoms with van der Waals surface area (Å²) in [6.45, 7) is 23.0. The van der Waals surface area contributed by atoms with Crippen LogP contribution in [0.5, 0.6) is 0 Å². The summed E-state index contributed by atoms with van der Waals surface area (Å²) in [5, 5.41) is 0. The van der Waals surface area contributed by atoms with Crippen molar-refractivity contribution in [2.24, 2.45) is 0 Å². The van der Waals surface area contributed by atoms with E-state index in [0.29, 0.717) is 42.6 Å². The Morgan fingerprint density at radius 2 is 0.723 bits per heavy atom. The average molecular weight is 867 g/mol. The van der Waals surface area contributed by atoms with Crippen molar-refractivity contribution in [2.45, 2.75) is 60.8 Å². The molecule has 0 saturated heterocycles. The predicted molar refractivity (Wildman–Crippen MR) is 264 cm³/mol. The molecule has 0 saturated carbocycles. The first kappa shape index (κ1) is 47.0. The Kier molecular flexibility index (Phi) is 15.7. The Balaban J connectivity index is 1.26. The van der Waals surface area contributed by atoms with Crippen LogP contribution in [-0.2, 0) is 47.9 Å². The highest BCUT2D eigenvalue weighted by atomic mass is 16.5. The number of carbonyl (C=O) groups excluding carboxylic acids is 3. The molecule has 0 fully saturated rings. The van der Waals surface area contributed by atoms with Crippen molar-refractivity contribution in [3.05, 3.63) is 203 Å². The fourth-order valence-electron chi connectivity index (χ4n) is 7.34. The van der Waals surface area contributed by atoms with E-state index < -0.39 is 0 Å². The van der Waals surface area contributed by atoms with Crippen LogP contribution in [-0.4, -0.2) is 37.7 Å². The second-order valence-electron chi connectivity index (χ2n) is 16.5. The van der Waals surface area contributed by atoms with Crippen LogP contribution in [0.3, 0.4) is 0 Å². The Bertz CT molecular complexity index is 2680. The molecule has 0 unspecified atom stereocenters. The van der Waals surface area contributed by atoms with Crippen molar-refractivity contribution in [1.82, 2.24) is 0 Å². The fraction of sp³-hybridized carbons (Fsp3) is 0.211. The van der Waals surface area contributed by atoms with Gasteiger partial charge in [0.05, 0.1) is 19.8 Å². The Labute approximate surface area is 384 Å². The molecule has 0 aromatic heterocycles. The molecule has 0 heterocycles. The fourth-order valence-corrected chi connectivity index (χ4v) is 7.34. The van der Waals surface area contributed by atoms with Crippen molar-refractivity contribution < 1.29 is 28.6 Å². The molecule has 0 aliphatic heterocycles. The number of anilines is 6. The van der Waals surface area contributed by atoms with Gasteiger partial charge in [-0.05, 0) is 153 Å². The minimum absolute atomic E-state index is 0.272. The van der Waals surface area contributed by atoms with Gasteiger partial charge in [0.25, 0.3) is 0 Å². The molecule has 0 atom stereocenters. The third-order valence-electron chi connectivity index (χ3n) is 11.1. The van der Waals surface area contributed by atoms with E-state index in [-0.39, 0.29) is 31.1 Å². The normalized spacial score (nSPS) is 10.7. The summed E-state index contributed by atoms with van der Waals surface area (Å²) in [4.78, 5) is 40.3. The molecule has 65 heavy (non-hydrogen) atoms. The summed E-state index contributed by atoms with van der Waals surface area (Å²) < 4.78 is 16.1. The van der Waals surface area contributed by atoms with Gasteiger partial charge in [-0.1, -0.05) is 86.0 Å². The van der Waals surface area contributed by atoms with E-state index in [2.05, 4.69) is 184 Å². The summed E-state index contributed by atoms with van der Waals surface area (Å²) in [5.41, 5.74) is 16.0. The minimum Gasteiger partial charge on any atom is -0.462 e. The maximum Gasteiger partial charge on any atom is 0.333 e. The van der Waals surface area contributed by atoms with Gasteiger partial charge in [-0.15, -0.1) is 0 Å². The SMILES string of the molecule is C=C(C)C(=O)OCCc1ccc(N(c2ccc(-c3ccc(N(c4ccc(C)cc4)c4ccc(CCOC(=O)C(=C)C)c(C)c4)cc3)cc2)c2ccc(CCOC(=O)C(=C)C)c(C)c2)cc1. The lowest BCUT2D eigenvalue weighted by Crippen LogP contribution is -2.12. The molecule has 6 aromatic rings. The topological polar surface area (TPSA) is 85.4 Å². The third kappa shape index (κ3) is 12.4. The van der Waals surface area contributed by atoms with E-state index in [0.717, 1.165) is 73.1 Å². The second kappa shape index (κ2) is 21.8. The van der Waals surface area contributed by atoms with E-state index in [1.165, 1.54) is 5.56 Å². The third-order valence-corrected chi connectivity index (χ3v) is 11.1. The molecular weight excluding hydrogens is 809 g/mol. The maximum absolute atomic E-state index is 12.0. The summed E-state index contributed by atoms with van der Waals surface area (Å²) >= 11 is 0. The molecule has 0 aliphatic carbocycles. The lowest BCUT2D eigenvalue weighted by molar-refractivity contribution is -0.139.